The molecule has 0 spiro atoms. The minimum Gasteiger partial charge on any atom is -0.484 e. The first-order valence-corrected chi connectivity index (χ1v) is 10.3. The topological polar surface area (TPSA) is 59.5 Å². The predicted octanol–water partition coefficient (Wildman–Crippen LogP) is 4.28. The van der Waals surface area contributed by atoms with Crippen molar-refractivity contribution in [2.75, 3.05) is 19.7 Å². The van der Waals surface area contributed by atoms with Gasteiger partial charge in [-0.3, -0.25) is 9.59 Å². The fraction of sp³-hybridized carbons (Fsp3) is 0.318. The van der Waals surface area contributed by atoms with Crippen LogP contribution in [-0.2, 0) is 4.79 Å². The van der Waals surface area contributed by atoms with Crippen molar-refractivity contribution in [3.05, 3.63) is 59.1 Å². The molecule has 2 aromatic carbocycles. The Morgan fingerprint density at radius 2 is 1.93 bits per heavy atom. The van der Waals surface area contributed by atoms with Gasteiger partial charge in [0.1, 0.15) is 5.75 Å². The third kappa shape index (κ3) is 4.07. The summed E-state index contributed by atoms with van der Waals surface area (Å²) in [7, 11) is 0. The van der Waals surface area contributed by atoms with Gasteiger partial charge in [-0.05, 0) is 44.0 Å². The molecule has 2 heterocycles. The Morgan fingerprint density at radius 3 is 2.68 bits per heavy atom. The lowest BCUT2D eigenvalue weighted by molar-refractivity contribution is -0.134. The van der Waals surface area contributed by atoms with Gasteiger partial charge in [-0.25, -0.2) is 4.98 Å². The van der Waals surface area contributed by atoms with Gasteiger partial charge >= 0.3 is 0 Å². The van der Waals surface area contributed by atoms with Crippen LogP contribution in [0, 0.1) is 0 Å². The molecule has 1 saturated heterocycles. The van der Waals surface area contributed by atoms with Crippen molar-refractivity contribution in [1.82, 2.24) is 9.88 Å². The number of ketones is 1. The van der Waals surface area contributed by atoms with Gasteiger partial charge in [-0.2, -0.15) is 0 Å². The third-order valence-corrected chi connectivity index (χ3v) is 6.31. The highest BCUT2D eigenvalue weighted by atomic mass is 32.1. The average molecular weight is 394 g/mol. The Bertz CT molecular complexity index is 973. The minimum absolute atomic E-state index is 0.00678. The van der Waals surface area contributed by atoms with E-state index in [9.17, 15) is 9.59 Å². The standard InChI is InChI=1S/C22H22N2O3S/c1-15(25)17-5-4-6-18(13-17)27-14-21(26)24-11-9-16(10-12-24)22-23-19-7-2-3-8-20(19)28-22/h2-8,13,16H,9-12,14H2,1H3. The van der Waals surface area contributed by atoms with Crippen LogP contribution in [0.25, 0.3) is 10.2 Å². The van der Waals surface area contributed by atoms with E-state index in [2.05, 4.69) is 6.07 Å². The molecule has 1 aliphatic heterocycles. The van der Waals surface area contributed by atoms with E-state index in [0.717, 1.165) is 31.4 Å². The number of hydrogen-bond acceptors (Lipinski definition) is 5. The number of likely N-dealkylation sites (tertiary alicyclic amines) is 1. The molecule has 0 N–H and O–H groups in total. The van der Waals surface area contributed by atoms with Crippen LogP contribution in [-0.4, -0.2) is 41.3 Å². The number of aromatic nitrogens is 1. The number of thiazole rings is 1. The maximum absolute atomic E-state index is 12.5. The van der Waals surface area contributed by atoms with Crippen LogP contribution in [0.3, 0.4) is 0 Å². The highest BCUT2D eigenvalue weighted by Gasteiger charge is 2.26. The zero-order valence-corrected chi connectivity index (χ0v) is 16.6. The SMILES string of the molecule is CC(=O)c1cccc(OCC(=O)N2CCC(c3nc4ccccc4s3)CC2)c1. The summed E-state index contributed by atoms with van der Waals surface area (Å²) in [6.07, 6.45) is 1.84. The van der Waals surface area contributed by atoms with Crippen LogP contribution >= 0.6 is 11.3 Å². The van der Waals surface area contributed by atoms with E-state index < -0.39 is 0 Å². The second-order valence-corrected chi connectivity index (χ2v) is 8.11. The zero-order valence-electron chi connectivity index (χ0n) is 15.8. The number of piperidine rings is 1. The highest BCUT2D eigenvalue weighted by molar-refractivity contribution is 7.18. The summed E-state index contributed by atoms with van der Waals surface area (Å²) < 4.78 is 6.83. The normalized spacial score (nSPS) is 15.0. The van der Waals surface area contributed by atoms with Gasteiger partial charge in [0.25, 0.3) is 5.91 Å². The number of carbonyl (C=O) groups is 2. The van der Waals surface area contributed by atoms with E-state index in [4.69, 9.17) is 9.72 Å². The number of para-hydroxylation sites is 1. The molecule has 28 heavy (non-hydrogen) atoms. The molecule has 1 aromatic heterocycles. The molecule has 4 rings (SSSR count). The maximum atomic E-state index is 12.5. The highest BCUT2D eigenvalue weighted by Crippen LogP contribution is 2.33. The lowest BCUT2D eigenvalue weighted by Gasteiger charge is -2.31. The molecule has 0 radical (unpaired) electrons. The number of Topliss-reactive ketones (excluding diaryl/α,β-unsaturated/α-hetero) is 1. The number of nitrogens with zero attached hydrogens (tertiary/aromatic N) is 2. The monoisotopic (exact) mass is 394 g/mol. The smallest absolute Gasteiger partial charge is 0.260 e. The molecule has 144 valence electrons. The zero-order chi connectivity index (χ0) is 19.5. The molecule has 0 saturated carbocycles. The quantitative estimate of drug-likeness (QED) is 0.606. The van der Waals surface area contributed by atoms with Crippen LogP contribution in [0.15, 0.2) is 48.5 Å². The van der Waals surface area contributed by atoms with Crippen molar-refractivity contribution in [3.63, 3.8) is 0 Å². The van der Waals surface area contributed by atoms with E-state index >= 15 is 0 Å². The lowest BCUT2D eigenvalue weighted by atomic mass is 9.97. The first-order valence-electron chi connectivity index (χ1n) is 9.47. The van der Waals surface area contributed by atoms with Gasteiger partial charge < -0.3 is 9.64 Å². The van der Waals surface area contributed by atoms with Crippen LogP contribution in [0.4, 0.5) is 0 Å². The van der Waals surface area contributed by atoms with Gasteiger partial charge in [-0.1, -0.05) is 24.3 Å². The van der Waals surface area contributed by atoms with Crippen LogP contribution in [0.5, 0.6) is 5.75 Å². The molecule has 5 nitrogen and oxygen atoms in total. The Kier molecular flexibility index (Phi) is 5.39. The fourth-order valence-electron chi connectivity index (χ4n) is 3.48. The molecular formula is C22H22N2O3S. The van der Waals surface area contributed by atoms with Crippen molar-refractivity contribution < 1.29 is 14.3 Å². The molecular weight excluding hydrogens is 372 g/mol. The summed E-state index contributed by atoms with van der Waals surface area (Å²) in [4.78, 5) is 30.6. The van der Waals surface area contributed by atoms with Crippen LogP contribution in [0.1, 0.15) is 41.0 Å². The lowest BCUT2D eigenvalue weighted by Crippen LogP contribution is -2.40. The second kappa shape index (κ2) is 8.10. The van der Waals surface area contributed by atoms with Gasteiger partial charge in [0.2, 0.25) is 0 Å². The number of amides is 1. The summed E-state index contributed by atoms with van der Waals surface area (Å²) in [6.45, 7) is 2.94. The van der Waals surface area contributed by atoms with E-state index in [1.165, 1.54) is 16.6 Å². The van der Waals surface area contributed by atoms with Crippen molar-refractivity contribution in [2.45, 2.75) is 25.7 Å². The molecule has 1 aliphatic rings. The van der Waals surface area contributed by atoms with Crippen molar-refractivity contribution >= 4 is 33.2 Å². The Balaban J connectivity index is 1.31. The van der Waals surface area contributed by atoms with Gasteiger partial charge in [-0.15, -0.1) is 11.3 Å². The number of carbonyl (C=O) groups excluding carboxylic acids is 2. The Hall–Kier alpha value is -2.73. The summed E-state index contributed by atoms with van der Waals surface area (Å²) in [5, 5.41) is 1.17. The summed E-state index contributed by atoms with van der Waals surface area (Å²) >= 11 is 1.76. The third-order valence-electron chi connectivity index (χ3n) is 5.11. The second-order valence-electron chi connectivity index (χ2n) is 7.05. The first-order chi connectivity index (χ1) is 13.6. The molecule has 1 fully saturated rings. The van der Waals surface area contributed by atoms with Crippen molar-refractivity contribution in [1.29, 1.82) is 0 Å². The van der Waals surface area contributed by atoms with Crippen molar-refractivity contribution in [2.24, 2.45) is 0 Å². The van der Waals surface area contributed by atoms with Crippen LogP contribution < -0.4 is 4.74 Å². The summed E-state index contributed by atoms with van der Waals surface area (Å²) in [5.41, 5.74) is 1.64. The molecule has 0 unspecified atom stereocenters. The first kappa shape index (κ1) is 18.6. The van der Waals surface area contributed by atoms with Gasteiger partial charge in [0.05, 0.1) is 15.2 Å². The van der Waals surface area contributed by atoms with E-state index in [-0.39, 0.29) is 18.3 Å². The predicted molar refractivity (Wildman–Crippen MR) is 110 cm³/mol. The van der Waals surface area contributed by atoms with E-state index in [1.807, 2.05) is 23.1 Å². The number of fused-ring (bicyclic) bond motifs is 1. The molecule has 3 aromatic rings. The van der Waals surface area contributed by atoms with Crippen LogP contribution in [0.2, 0.25) is 0 Å². The van der Waals surface area contributed by atoms with E-state index in [1.54, 1.807) is 35.6 Å². The molecule has 0 atom stereocenters. The molecule has 0 bridgehead atoms. The van der Waals surface area contributed by atoms with Gasteiger partial charge in [0.15, 0.2) is 12.4 Å². The summed E-state index contributed by atoms with van der Waals surface area (Å²) in [6, 6.07) is 15.1. The fourth-order valence-corrected chi connectivity index (χ4v) is 4.62. The van der Waals surface area contributed by atoms with Crippen molar-refractivity contribution in [3.8, 4) is 5.75 Å². The average Bonchev–Trinajstić information content (AvgIpc) is 3.16. The number of benzene rings is 2. The Labute approximate surface area is 168 Å². The number of hydrogen-bond donors (Lipinski definition) is 0. The number of rotatable bonds is 5. The van der Waals surface area contributed by atoms with E-state index in [0.29, 0.717) is 17.2 Å². The minimum atomic E-state index is -0.0197. The maximum Gasteiger partial charge on any atom is 0.260 e. The summed E-state index contributed by atoms with van der Waals surface area (Å²) in [5.74, 6) is 0.921. The molecule has 1 amide bonds. The Morgan fingerprint density at radius 1 is 1.14 bits per heavy atom. The number of ether oxygens (including phenoxy) is 1. The van der Waals surface area contributed by atoms with Gasteiger partial charge in [0, 0.05) is 24.6 Å². The largest absolute Gasteiger partial charge is 0.484 e. The molecule has 6 heteroatoms. The molecule has 0 aliphatic carbocycles.